The first-order valence-electron chi connectivity index (χ1n) is 12.5. The Hall–Kier alpha value is -2.89. The van der Waals surface area contributed by atoms with Gasteiger partial charge in [0.15, 0.2) is 0 Å². The number of hydrogen-bond acceptors (Lipinski definition) is 4. The van der Waals surface area contributed by atoms with Crippen LogP contribution in [0, 0.1) is 6.92 Å². The third-order valence-electron chi connectivity index (χ3n) is 6.34. The lowest BCUT2D eigenvalue weighted by molar-refractivity contribution is 0.0950. The average Bonchev–Trinajstić information content (AvgIpc) is 3.01. The second kappa shape index (κ2) is 11.7. The molecule has 0 aromatic heterocycles. The molecule has 0 fully saturated rings. The molecule has 0 radical (unpaired) electrons. The Morgan fingerprint density at radius 3 is 2.54 bits per heavy atom. The van der Waals surface area contributed by atoms with Gasteiger partial charge in [-0.3, -0.25) is 14.7 Å². The van der Waals surface area contributed by atoms with Gasteiger partial charge in [0.2, 0.25) is 0 Å². The molecule has 1 aliphatic rings. The number of carbonyl (C=O) groups is 1. The lowest BCUT2D eigenvalue weighted by Crippen LogP contribution is -2.34. The summed E-state index contributed by atoms with van der Waals surface area (Å²) in [6.45, 7) is 11.2. The van der Waals surface area contributed by atoms with Crippen molar-refractivity contribution < 1.29 is 4.79 Å². The number of nitrogens with zero attached hydrogens (tertiary/aromatic N) is 2. The highest BCUT2D eigenvalue weighted by Crippen LogP contribution is 2.41. The Morgan fingerprint density at radius 2 is 1.80 bits per heavy atom. The van der Waals surface area contributed by atoms with Crippen molar-refractivity contribution in [1.82, 2.24) is 10.2 Å². The van der Waals surface area contributed by atoms with Crippen molar-refractivity contribution in [3.8, 4) is 0 Å². The summed E-state index contributed by atoms with van der Waals surface area (Å²) in [5.74, 6) is -0.0391. The molecule has 1 amide bonds. The smallest absolute Gasteiger partial charge is 0.251 e. The zero-order valence-corrected chi connectivity index (χ0v) is 22.0. The van der Waals surface area contributed by atoms with Gasteiger partial charge in [0.25, 0.3) is 5.91 Å². The van der Waals surface area contributed by atoms with Crippen molar-refractivity contribution in [3.05, 3.63) is 89.0 Å². The topological polar surface area (TPSA) is 44.7 Å². The molecule has 0 aliphatic carbocycles. The van der Waals surface area contributed by atoms with Gasteiger partial charge in [0, 0.05) is 52.3 Å². The minimum Gasteiger partial charge on any atom is -0.352 e. The standard InChI is InChI=1S/C30H35N3OS/c1-5-26-25-18-22(4)12-14-28(25)35-29-15-13-24(19-27(29)32-26)30(34)31-16-9-17-33(21(2)3)20-23-10-7-6-8-11-23/h6-8,10-15,18-19,21H,5,9,16-17,20H2,1-4H3,(H,31,34). The molecule has 0 bridgehead atoms. The first-order valence-corrected chi connectivity index (χ1v) is 13.3. The predicted molar refractivity (Wildman–Crippen MR) is 147 cm³/mol. The summed E-state index contributed by atoms with van der Waals surface area (Å²) in [4.78, 5) is 22.6. The second-order valence-corrected chi connectivity index (χ2v) is 10.4. The molecule has 0 atom stereocenters. The highest BCUT2D eigenvalue weighted by molar-refractivity contribution is 7.99. The van der Waals surface area contributed by atoms with Crippen LogP contribution in [0.1, 0.15) is 60.7 Å². The number of fused-ring (bicyclic) bond motifs is 2. The van der Waals surface area contributed by atoms with Gasteiger partial charge >= 0.3 is 0 Å². The van der Waals surface area contributed by atoms with Crippen LogP contribution in [0.15, 0.2) is 81.5 Å². The van der Waals surface area contributed by atoms with Gasteiger partial charge in [-0.15, -0.1) is 0 Å². The van der Waals surface area contributed by atoms with Gasteiger partial charge < -0.3 is 5.32 Å². The van der Waals surface area contributed by atoms with Crippen LogP contribution in [0.5, 0.6) is 0 Å². The summed E-state index contributed by atoms with van der Waals surface area (Å²) in [5, 5.41) is 3.11. The maximum absolute atomic E-state index is 12.9. The lowest BCUT2D eigenvalue weighted by Gasteiger charge is -2.26. The van der Waals surface area contributed by atoms with E-state index in [1.165, 1.54) is 21.6 Å². The van der Waals surface area contributed by atoms with Gasteiger partial charge in [-0.1, -0.05) is 60.6 Å². The molecule has 5 heteroatoms. The van der Waals surface area contributed by atoms with Crippen molar-refractivity contribution in [3.63, 3.8) is 0 Å². The number of rotatable bonds is 9. The van der Waals surface area contributed by atoms with Gasteiger partial charge in [-0.05, 0) is 69.5 Å². The zero-order chi connectivity index (χ0) is 24.8. The average molecular weight is 486 g/mol. The quantitative estimate of drug-likeness (QED) is 0.331. The first kappa shape index (κ1) is 25.2. The Labute approximate surface area is 213 Å². The van der Waals surface area contributed by atoms with Crippen LogP contribution in [0.4, 0.5) is 5.69 Å². The van der Waals surface area contributed by atoms with Crippen LogP contribution in [-0.4, -0.2) is 35.7 Å². The fraction of sp³-hybridized carbons (Fsp3) is 0.333. The molecule has 182 valence electrons. The first-order chi connectivity index (χ1) is 16.9. The maximum Gasteiger partial charge on any atom is 0.251 e. The number of hydrogen-bond donors (Lipinski definition) is 1. The number of benzene rings is 3. The van der Waals surface area contributed by atoms with Crippen molar-refractivity contribution >= 4 is 29.1 Å². The third-order valence-corrected chi connectivity index (χ3v) is 7.48. The summed E-state index contributed by atoms with van der Waals surface area (Å²) in [7, 11) is 0. The summed E-state index contributed by atoms with van der Waals surface area (Å²) in [6, 6.07) is 23.4. The molecule has 35 heavy (non-hydrogen) atoms. The zero-order valence-electron chi connectivity index (χ0n) is 21.2. The molecule has 0 saturated heterocycles. The molecule has 3 aromatic carbocycles. The fourth-order valence-corrected chi connectivity index (χ4v) is 5.31. The van der Waals surface area contributed by atoms with Gasteiger partial charge in [-0.25, -0.2) is 0 Å². The SMILES string of the molecule is CCC1=Nc2cc(C(=O)NCCCN(Cc3ccccc3)C(C)C)ccc2Sc2ccc(C)cc21. The normalized spacial score (nSPS) is 12.7. The van der Waals surface area contributed by atoms with Gasteiger partial charge in [-0.2, -0.15) is 0 Å². The Balaban J connectivity index is 1.38. The van der Waals surface area contributed by atoms with E-state index in [1.807, 2.05) is 24.3 Å². The van der Waals surface area contributed by atoms with Crippen molar-refractivity contribution in [2.75, 3.05) is 13.1 Å². The second-order valence-electron chi connectivity index (χ2n) is 9.36. The van der Waals surface area contributed by atoms with Crippen LogP contribution < -0.4 is 5.32 Å². The molecule has 3 aromatic rings. The van der Waals surface area contributed by atoms with E-state index >= 15 is 0 Å². The summed E-state index contributed by atoms with van der Waals surface area (Å²) in [6.07, 6.45) is 1.76. The minimum absolute atomic E-state index is 0.0391. The van der Waals surface area contributed by atoms with E-state index in [4.69, 9.17) is 4.99 Å². The van der Waals surface area contributed by atoms with E-state index < -0.39 is 0 Å². The highest BCUT2D eigenvalue weighted by atomic mass is 32.2. The van der Waals surface area contributed by atoms with Crippen molar-refractivity contribution in [2.45, 2.75) is 62.9 Å². The van der Waals surface area contributed by atoms with E-state index in [1.54, 1.807) is 11.8 Å². The molecule has 4 nitrogen and oxygen atoms in total. The Bertz CT molecular complexity index is 1200. The molecule has 1 heterocycles. The van der Waals surface area contributed by atoms with Crippen LogP contribution in [0.2, 0.25) is 0 Å². The van der Waals surface area contributed by atoms with Gasteiger partial charge in [0.05, 0.1) is 5.69 Å². The van der Waals surface area contributed by atoms with Gasteiger partial charge in [0.1, 0.15) is 0 Å². The number of aliphatic imine (C=N–C) groups is 1. The summed E-state index contributed by atoms with van der Waals surface area (Å²) in [5.41, 5.74) is 6.36. The molecular formula is C30H35N3OS. The highest BCUT2D eigenvalue weighted by Gasteiger charge is 2.18. The number of nitrogens with one attached hydrogen (secondary N) is 1. The molecule has 4 rings (SSSR count). The van der Waals surface area contributed by atoms with Crippen molar-refractivity contribution in [1.29, 1.82) is 0 Å². The van der Waals surface area contributed by atoms with E-state index in [0.717, 1.165) is 42.2 Å². The molecule has 0 saturated carbocycles. The Kier molecular flexibility index (Phi) is 8.42. The number of amides is 1. The molecule has 1 N–H and O–H groups in total. The van der Waals surface area contributed by atoms with Crippen LogP contribution in [0.25, 0.3) is 0 Å². The molecule has 1 aliphatic heterocycles. The third kappa shape index (κ3) is 6.41. The minimum atomic E-state index is -0.0391. The van der Waals surface area contributed by atoms with E-state index in [2.05, 4.69) is 80.4 Å². The largest absolute Gasteiger partial charge is 0.352 e. The van der Waals surface area contributed by atoms with Crippen molar-refractivity contribution in [2.24, 2.45) is 4.99 Å². The van der Waals surface area contributed by atoms with Crippen LogP contribution in [0.3, 0.4) is 0 Å². The maximum atomic E-state index is 12.9. The van der Waals surface area contributed by atoms with E-state index in [0.29, 0.717) is 18.2 Å². The number of carbonyl (C=O) groups excluding carboxylic acids is 1. The molecule has 0 spiro atoms. The molecule has 0 unspecified atom stereocenters. The Morgan fingerprint density at radius 1 is 1.03 bits per heavy atom. The van der Waals surface area contributed by atoms with E-state index in [-0.39, 0.29) is 5.91 Å². The predicted octanol–water partition coefficient (Wildman–Crippen LogP) is 7.02. The number of aryl methyl sites for hydroxylation is 1. The monoisotopic (exact) mass is 485 g/mol. The lowest BCUT2D eigenvalue weighted by atomic mass is 10.0. The summed E-state index contributed by atoms with van der Waals surface area (Å²) >= 11 is 1.73. The van der Waals surface area contributed by atoms with Crippen LogP contribution >= 0.6 is 11.8 Å². The van der Waals surface area contributed by atoms with Crippen LogP contribution in [-0.2, 0) is 6.54 Å². The fourth-order valence-electron chi connectivity index (χ4n) is 4.31. The van der Waals surface area contributed by atoms with E-state index in [9.17, 15) is 4.79 Å². The molecular weight excluding hydrogens is 450 g/mol. The summed E-state index contributed by atoms with van der Waals surface area (Å²) < 4.78 is 0.